The SMILES string of the molecule is COc1cc(C)c(C)cc1S(=O)(=O)CCC(C)=O. The molecule has 0 atom stereocenters. The molecular formula is C13H18O4S. The van der Waals surface area contributed by atoms with Crippen molar-refractivity contribution in [2.24, 2.45) is 0 Å². The second-order valence-corrected chi connectivity index (χ2v) is 6.44. The molecule has 0 heterocycles. The third-order valence-electron chi connectivity index (χ3n) is 2.84. The molecule has 0 aromatic heterocycles. The maximum Gasteiger partial charge on any atom is 0.182 e. The molecule has 100 valence electrons. The minimum Gasteiger partial charge on any atom is -0.495 e. The second-order valence-electron chi connectivity index (χ2n) is 4.36. The van der Waals surface area contributed by atoms with E-state index in [4.69, 9.17) is 4.74 Å². The summed E-state index contributed by atoms with van der Waals surface area (Å²) in [5.74, 6) is 0.0179. The molecule has 0 bridgehead atoms. The number of methoxy groups -OCH3 is 1. The Morgan fingerprint density at radius 2 is 1.78 bits per heavy atom. The van der Waals surface area contributed by atoms with Crippen molar-refractivity contribution in [2.75, 3.05) is 12.9 Å². The number of ketones is 1. The van der Waals surface area contributed by atoms with E-state index >= 15 is 0 Å². The van der Waals surface area contributed by atoms with Crippen molar-refractivity contribution in [3.05, 3.63) is 23.3 Å². The summed E-state index contributed by atoms with van der Waals surface area (Å²) in [4.78, 5) is 11.1. The molecule has 0 saturated carbocycles. The highest BCUT2D eigenvalue weighted by Gasteiger charge is 2.21. The monoisotopic (exact) mass is 270 g/mol. The van der Waals surface area contributed by atoms with Crippen LogP contribution >= 0.6 is 0 Å². The number of sulfone groups is 1. The number of rotatable bonds is 5. The zero-order valence-electron chi connectivity index (χ0n) is 11.1. The summed E-state index contributed by atoms with van der Waals surface area (Å²) in [5, 5.41) is 0. The van der Waals surface area contributed by atoms with Crippen molar-refractivity contribution in [1.29, 1.82) is 0 Å². The molecule has 0 amide bonds. The lowest BCUT2D eigenvalue weighted by molar-refractivity contribution is -0.116. The maximum absolute atomic E-state index is 12.1. The van der Waals surface area contributed by atoms with Gasteiger partial charge in [-0.05, 0) is 44.0 Å². The van der Waals surface area contributed by atoms with Crippen LogP contribution in [-0.4, -0.2) is 27.1 Å². The van der Waals surface area contributed by atoms with Gasteiger partial charge in [-0.1, -0.05) is 0 Å². The van der Waals surface area contributed by atoms with Crippen LogP contribution in [0.4, 0.5) is 0 Å². The Bertz CT molecular complexity index is 559. The molecule has 0 saturated heterocycles. The number of aryl methyl sites for hydroxylation is 2. The predicted molar refractivity (Wildman–Crippen MR) is 69.8 cm³/mol. The lowest BCUT2D eigenvalue weighted by Crippen LogP contribution is -2.11. The van der Waals surface area contributed by atoms with Gasteiger partial charge >= 0.3 is 0 Å². The highest BCUT2D eigenvalue weighted by atomic mass is 32.2. The van der Waals surface area contributed by atoms with E-state index in [-0.39, 0.29) is 22.9 Å². The van der Waals surface area contributed by atoms with E-state index in [1.165, 1.54) is 14.0 Å². The molecular weight excluding hydrogens is 252 g/mol. The van der Waals surface area contributed by atoms with Crippen LogP contribution in [-0.2, 0) is 14.6 Å². The van der Waals surface area contributed by atoms with Crippen molar-refractivity contribution in [2.45, 2.75) is 32.1 Å². The molecule has 0 aliphatic carbocycles. The molecule has 0 aliphatic rings. The fraction of sp³-hybridized carbons (Fsp3) is 0.462. The van der Waals surface area contributed by atoms with Crippen LogP contribution in [0.25, 0.3) is 0 Å². The molecule has 4 nitrogen and oxygen atoms in total. The lowest BCUT2D eigenvalue weighted by atomic mass is 10.1. The average molecular weight is 270 g/mol. The molecule has 0 unspecified atom stereocenters. The van der Waals surface area contributed by atoms with Gasteiger partial charge in [0.15, 0.2) is 9.84 Å². The van der Waals surface area contributed by atoms with Crippen LogP contribution in [0, 0.1) is 13.8 Å². The van der Waals surface area contributed by atoms with Gasteiger partial charge in [0.05, 0.1) is 12.9 Å². The van der Waals surface area contributed by atoms with Crippen LogP contribution in [0.2, 0.25) is 0 Å². The van der Waals surface area contributed by atoms with E-state index in [1.54, 1.807) is 12.1 Å². The van der Waals surface area contributed by atoms with Gasteiger partial charge in [0.25, 0.3) is 0 Å². The first-order chi connectivity index (χ1) is 8.27. The standard InChI is InChI=1S/C13H18O4S/c1-9-7-12(17-4)13(8-10(9)2)18(15,16)6-5-11(3)14/h7-8H,5-6H2,1-4H3. The number of benzene rings is 1. The average Bonchev–Trinajstić information content (AvgIpc) is 2.29. The Morgan fingerprint density at radius 1 is 1.22 bits per heavy atom. The molecule has 1 rings (SSSR count). The second kappa shape index (κ2) is 5.52. The molecule has 1 aromatic carbocycles. The van der Waals surface area contributed by atoms with Crippen molar-refractivity contribution in [1.82, 2.24) is 0 Å². The first-order valence-electron chi connectivity index (χ1n) is 5.65. The van der Waals surface area contributed by atoms with E-state index in [0.717, 1.165) is 11.1 Å². The molecule has 18 heavy (non-hydrogen) atoms. The van der Waals surface area contributed by atoms with E-state index < -0.39 is 9.84 Å². The Kier molecular flexibility index (Phi) is 4.51. The highest BCUT2D eigenvalue weighted by Crippen LogP contribution is 2.28. The molecule has 0 aliphatic heterocycles. The summed E-state index contributed by atoms with van der Waals surface area (Å²) in [7, 11) is -2.04. The summed E-state index contributed by atoms with van der Waals surface area (Å²) in [6, 6.07) is 3.31. The number of carbonyl (C=O) groups is 1. The molecule has 0 fully saturated rings. The minimum atomic E-state index is -3.48. The predicted octanol–water partition coefficient (Wildman–Crippen LogP) is 2.06. The summed E-state index contributed by atoms with van der Waals surface area (Å²) in [6.07, 6.45) is 0.0262. The third kappa shape index (κ3) is 3.32. The molecule has 1 aromatic rings. The van der Waals surface area contributed by atoms with Gasteiger partial charge in [-0.2, -0.15) is 0 Å². The lowest BCUT2D eigenvalue weighted by Gasteiger charge is -2.12. The first-order valence-corrected chi connectivity index (χ1v) is 7.30. The van der Waals surface area contributed by atoms with E-state index in [1.807, 2.05) is 13.8 Å². The van der Waals surface area contributed by atoms with Crippen LogP contribution in [0.3, 0.4) is 0 Å². The van der Waals surface area contributed by atoms with Gasteiger partial charge < -0.3 is 4.74 Å². The van der Waals surface area contributed by atoms with Gasteiger partial charge in [0.1, 0.15) is 16.4 Å². The van der Waals surface area contributed by atoms with Gasteiger partial charge in [-0.15, -0.1) is 0 Å². The topological polar surface area (TPSA) is 60.4 Å². The third-order valence-corrected chi connectivity index (χ3v) is 4.57. The quantitative estimate of drug-likeness (QED) is 0.821. The Morgan fingerprint density at radius 3 is 2.28 bits per heavy atom. The van der Waals surface area contributed by atoms with Crippen LogP contribution in [0.15, 0.2) is 17.0 Å². The van der Waals surface area contributed by atoms with Crippen molar-refractivity contribution >= 4 is 15.6 Å². The van der Waals surface area contributed by atoms with Crippen LogP contribution < -0.4 is 4.74 Å². The highest BCUT2D eigenvalue weighted by molar-refractivity contribution is 7.91. The Balaban J connectivity index is 3.23. The number of hydrogen-bond donors (Lipinski definition) is 0. The summed E-state index contributed by atoms with van der Waals surface area (Å²) < 4.78 is 29.4. The number of ether oxygens (including phenoxy) is 1. The minimum absolute atomic E-state index is 0.0262. The van der Waals surface area contributed by atoms with Gasteiger partial charge in [0, 0.05) is 6.42 Å². The molecule has 5 heteroatoms. The zero-order chi connectivity index (χ0) is 13.9. The number of carbonyl (C=O) groups excluding carboxylic acids is 1. The maximum atomic E-state index is 12.1. The van der Waals surface area contributed by atoms with Crippen LogP contribution in [0.1, 0.15) is 24.5 Å². The zero-order valence-corrected chi connectivity index (χ0v) is 11.9. The Labute approximate surface area is 108 Å². The summed E-state index contributed by atoms with van der Waals surface area (Å²) in [5.41, 5.74) is 1.86. The smallest absolute Gasteiger partial charge is 0.182 e. The summed E-state index contributed by atoms with van der Waals surface area (Å²) >= 11 is 0. The molecule has 0 N–H and O–H groups in total. The number of Topliss-reactive ketones (excluding diaryl/α,β-unsaturated/α-hetero) is 1. The fourth-order valence-electron chi connectivity index (χ4n) is 1.55. The molecule has 0 radical (unpaired) electrons. The summed E-state index contributed by atoms with van der Waals surface area (Å²) in [6.45, 7) is 5.12. The normalized spacial score (nSPS) is 11.3. The first kappa shape index (κ1) is 14.7. The molecule has 0 spiro atoms. The van der Waals surface area contributed by atoms with Crippen LogP contribution in [0.5, 0.6) is 5.75 Å². The fourth-order valence-corrected chi connectivity index (χ4v) is 3.14. The Hall–Kier alpha value is -1.36. The van der Waals surface area contributed by atoms with Crippen molar-refractivity contribution < 1.29 is 17.9 Å². The van der Waals surface area contributed by atoms with Crippen molar-refractivity contribution in [3.63, 3.8) is 0 Å². The van der Waals surface area contributed by atoms with Gasteiger partial charge in [-0.25, -0.2) is 8.42 Å². The number of hydrogen-bond acceptors (Lipinski definition) is 4. The van der Waals surface area contributed by atoms with Gasteiger partial charge in [0.2, 0.25) is 0 Å². The van der Waals surface area contributed by atoms with E-state index in [2.05, 4.69) is 0 Å². The van der Waals surface area contributed by atoms with Crippen molar-refractivity contribution in [3.8, 4) is 5.75 Å². The largest absolute Gasteiger partial charge is 0.495 e. The van der Waals surface area contributed by atoms with E-state index in [0.29, 0.717) is 5.75 Å². The van der Waals surface area contributed by atoms with Gasteiger partial charge in [-0.3, -0.25) is 4.79 Å². The van der Waals surface area contributed by atoms with E-state index in [9.17, 15) is 13.2 Å².